The van der Waals surface area contributed by atoms with Crippen molar-refractivity contribution in [1.82, 2.24) is 9.88 Å². The van der Waals surface area contributed by atoms with Crippen LogP contribution < -0.4 is 5.73 Å². The van der Waals surface area contributed by atoms with Crippen molar-refractivity contribution in [2.45, 2.75) is 74.1 Å². The van der Waals surface area contributed by atoms with Crippen molar-refractivity contribution in [3.05, 3.63) is 77.7 Å². The Labute approximate surface area is 213 Å². The van der Waals surface area contributed by atoms with Gasteiger partial charge in [-0.25, -0.2) is 0 Å². The highest BCUT2D eigenvalue weighted by atomic mass is 16.5. The van der Waals surface area contributed by atoms with E-state index in [1.54, 1.807) is 5.56 Å². The molecule has 2 N–H and O–H groups in total. The first-order valence-electron chi connectivity index (χ1n) is 14.1. The average molecular weight is 478 g/mol. The molecule has 0 radical (unpaired) electrons. The van der Waals surface area contributed by atoms with Gasteiger partial charge in [0.2, 0.25) is 0 Å². The molecule has 1 aromatic carbocycles. The highest BCUT2D eigenvalue weighted by molar-refractivity contribution is 5.82. The Hall–Kier alpha value is -2.27. The number of benzene rings is 1. The Kier molecular flexibility index (Phi) is 3.69. The second kappa shape index (κ2) is 6.40. The predicted molar refractivity (Wildman–Crippen MR) is 141 cm³/mol. The lowest BCUT2D eigenvalue weighted by atomic mass is 9.55. The fourth-order valence-electron chi connectivity index (χ4n) is 10.1. The molecule has 2 saturated heterocycles. The van der Waals surface area contributed by atoms with Crippen molar-refractivity contribution in [2.75, 3.05) is 13.1 Å². The van der Waals surface area contributed by atoms with E-state index < -0.39 is 0 Å². The minimum atomic E-state index is -0.108. The van der Waals surface area contributed by atoms with Crippen LogP contribution in [-0.4, -0.2) is 46.3 Å². The standard InChI is InChI=1S/C32H35N3O/c1-29-8-6-24-13-22-4-5-27(35-18-26(33)19-35)16-30(22)9-10-32(24,36-30)28(29)14-25-15-31(25,29)23-3-2-20-7-11-34-17-21(20)12-23/h2-7,11-13,17,25-28H,8-10,14-16,18-19,33H2,1H3/t25-,27+,28+,29-,30+,31-,32?/m0/s1. The summed E-state index contributed by atoms with van der Waals surface area (Å²) in [4.78, 5) is 6.97. The minimum absolute atomic E-state index is 0.101. The van der Waals surface area contributed by atoms with E-state index in [2.05, 4.69) is 65.4 Å². The van der Waals surface area contributed by atoms with Crippen LogP contribution >= 0.6 is 0 Å². The van der Waals surface area contributed by atoms with Crippen molar-refractivity contribution < 1.29 is 4.74 Å². The van der Waals surface area contributed by atoms with E-state index in [0.717, 1.165) is 38.3 Å². The van der Waals surface area contributed by atoms with Crippen LogP contribution in [-0.2, 0) is 10.2 Å². The highest BCUT2D eigenvalue weighted by Gasteiger charge is 2.78. The van der Waals surface area contributed by atoms with E-state index >= 15 is 0 Å². The third kappa shape index (κ3) is 2.28. The maximum atomic E-state index is 7.50. The lowest BCUT2D eigenvalue weighted by Crippen LogP contribution is -2.61. The molecule has 2 aromatic rings. The zero-order chi connectivity index (χ0) is 23.9. The van der Waals surface area contributed by atoms with Gasteiger partial charge in [0.25, 0.3) is 0 Å². The minimum Gasteiger partial charge on any atom is -0.359 e. The third-order valence-corrected chi connectivity index (χ3v) is 11.9. The molecule has 7 aliphatic rings. The Morgan fingerprint density at radius 1 is 1.08 bits per heavy atom. The largest absolute Gasteiger partial charge is 0.359 e. The van der Waals surface area contributed by atoms with Gasteiger partial charge in [-0.1, -0.05) is 43.4 Å². The predicted octanol–water partition coefficient (Wildman–Crippen LogP) is 5.05. The number of hydrogen-bond acceptors (Lipinski definition) is 4. The Morgan fingerprint density at radius 2 is 2.00 bits per heavy atom. The summed E-state index contributed by atoms with van der Waals surface area (Å²) in [7, 11) is 0. The summed E-state index contributed by atoms with van der Waals surface area (Å²) in [6.45, 7) is 4.65. The summed E-state index contributed by atoms with van der Waals surface area (Å²) in [5.41, 5.74) is 10.9. The summed E-state index contributed by atoms with van der Waals surface area (Å²) in [6.07, 6.45) is 21.1. The van der Waals surface area contributed by atoms with Crippen molar-refractivity contribution >= 4 is 10.8 Å². The number of likely N-dealkylation sites (tertiary alicyclic amines) is 1. The number of allylic oxidation sites excluding steroid dienone is 1. The number of nitrogens with two attached hydrogens (primary N) is 1. The fourth-order valence-corrected chi connectivity index (χ4v) is 10.1. The zero-order valence-electron chi connectivity index (χ0n) is 21.1. The van der Waals surface area contributed by atoms with E-state index in [4.69, 9.17) is 10.5 Å². The maximum Gasteiger partial charge on any atom is 0.0975 e. The van der Waals surface area contributed by atoms with Crippen LogP contribution in [0.15, 0.2) is 72.1 Å². The van der Waals surface area contributed by atoms with Gasteiger partial charge in [0.15, 0.2) is 0 Å². The van der Waals surface area contributed by atoms with Crippen LogP contribution in [0.5, 0.6) is 0 Å². The molecule has 4 heterocycles. The van der Waals surface area contributed by atoms with Gasteiger partial charge in [-0.15, -0.1) is 0 Å². The van der Waals surface area contributed by atoms with Gasteiger partial charge in [-0.05, 0) is 90.0 Å². The molecular formula is C32H35N3O. The molecule has 1 aromatic heterocycles. The molecule has 7 atom stereocenters. The molecule has 9 rings (SSSR count). The van der Waals surface area contributed by atoms with Gasteiger partial charge in [0, 0.05) is 48.4 Å². The lowest BCUT2D eigenvalue weighted by molar-refractivity contribution is -0.139. The normalized spacial score (nSPS) is 46.3. The molecular weight excluding hydrogens is 442 g/mol. The van der Waals surface area contributed by atoms with E-state index in [9.17, 15) is 0 Å². The van der Waals surface area contributed by atoms with Crippen LogP contribution in [0.1, 0.15) is 51.0 Å². The Morgan fingerprint density at radius 3 is 2.89 bits per heavy atom. The van der Waals surface area contributed by atoms with Crippen molar-refractivity contribution in [3.8, 4) is 0 Å². The quantitative estimate of drug-likeness (QED) is 0.658. The second-order valence-corrected chi connectivity index (χ2v) is 13.3. The number of hydrogen-bond donors (Lipinski definition) is 1. The van der Waals surface area contributed by atoms with Gasteiger partial charge in [0.1, 0.15) is 0 Å². The molecule has 4 heteroatoms. The molecule has 2 spiro atoms. The molecule has 2 bridgehead atoms. The first-order valence-corrected chi connectivity index (χ1v) is 14.1. The highest BCUT2D eigenvalue weighted by Crippen LogP contribution is 2.80. The first kappa shape index (κ1) is 20.7. The molecule has 4 nitrogen and oxygen atoms in total. The molecule has 36 heavy (non-hydrogen) atoms. The molecule has 184 valence electrons. The van der Waals surface area contributed by atoms with Crippen LogP contribution in [0.3, 0.4) is 0 Å². The van der Waals surface area contributed by atoms with Crippen molar-refractivity contribution in [3.63, 3.8) is 0 Å². The van der Waals surface area contributed by atoms with E-state index in [1.165, 1.54) is 41.2 Å². The Bertz CT molecular complexity index is 1420. The van der Waals surface area contributed by atoms with Gasteiger partial charge >= 0.3 is 0 Å². The number of pyridine rings is 1. The molecule has 2 saturated carbocycles. The topological polar surface area (TPSA) is 51.4 Å². The number of ether oxygens (including phenoxy) is 1. The number of fused-ring (bicyclic) bond motifs is 4. The summed E-state index contributed by atoms with van der Waals surface area (Å²) >= 11 is 0. The van der Waals surface area contributed by atoms with Crippen LogP contribution in [0.4, 0.5) is 0 Å². The molecule has 4 aliphatic carbocycles. The summed E-state index contributed by atoms with van der Waals surface area (Å²) in [5, 5.41) is 2.57. The molecule has 0 amide bonds. The average Bonchev–Trinajstić information content (AvgIpc) is 3.46. The first-order chi connectivity index (χ1) is 17.5. The molecule has 1 unspecified atom stereocenters. The molecule has 3 aliphatic heterocycles. The van der Waals surface area contributed by atoms with Crippen molar-refractivity contribution in [2.24, 2.45) is 23.0 Å². The maximum absolute atomic E-state index is 7.50. The van der Waals surface area contributed by atoms with E-state index in [1.807, 2.05) is 12.4 Å². The molecule has 4 fully saturated rings. The number of nitrogens with zero attached hydrogens (tertiary/aromatic N) is 2. The zero-order valence-corrected chi connectivity index (χ0v) is 21.1. The van der Waals surface area contributed by atoms with Crippen LogP contribution in [0.25, 0.3) is 10.8 Å². The summed E-state index contributed by atoms with van der Waals surface area (Å²) in [6, 6.07) is 10.1. The smallest absolute Gasteiger partial charge is 0.0975 e. The van der Waals surface area contributed by atoms with E-state index in [0.29, 0.717) is 18.0 Å². The van der Waals surface area contributed by atoms with Gasteiger partial charge in [-0.2, -0.15) is 0 Å². The van der Waals surface area contributed by atoms with Gasteiger partial charge in [-0.3, -0.25) is 9.88 Å². The van der Waals surface area contributed by atoms with Crippen LogP contribution in [0.2, 0.25) is 0 Å². The summed E-state index contributed by atoms with van der Waals surface area (Å²) in [5.74, 6) is 1.36. The monoisotopic (exact) mass is 477 g/mol. The number of rotatable bonds is 2. The summed E-state index contributed by atoms with van der Waals surface area (Å²) < 4.78 is 7.50. The second-order valence-electron chi connectivity index (χ2n) is 13.3. The Balaban J connectivity index is 1.11. The van der Waals surface area contributed by atoms with Gasteiger partial charge < -0.3 is 10.5 Å². The van der Waals surface area contributed by atoms with Crippen LogP contribution in [0, 0.1) is 17.3 Å². The van der Waals surface area contributed by atoms with Gasteiger partial charge in [0.05, 0.1) is 11.2 Å². The SMILES string of the molecule is C[C@]12CC=C3C=C4C=C[C@@H](N5CC(N)C5)C[C@]45CCC3(O5)[C@@H]1C[C@H]1C[C@]12c1ccc2ccncc2c1. The lowest BCUT2D eigenvalue weighted by Gasteiger charge is -2.56. The fraction of sp³-hybridized carbons (Fsp3) is 0.531. The van der Waals surface area contributed by atoms with E-state index in [-0.39, 0.29) is 22.0 Å². The third-order valence-electron chi connectivity index (χ3n) is 11.9. The number of aromatic nitrogens is 1. The van der Waals surface area contributed by atoms with Crippen molar-refractivity contribution in [1.29, 1.82) is 0 Å².